The Labute approximate surface area is 91.0 Å². The summed E-state index contributed by atoms with van der Waals surface area (Å²) in [6, 6.07) is 0. The first kappa shape index (κ1) is 13.4. The van der Waals surface area contributed by atoms with Gasteiger partial charge >= 0.3 is 0 Å². The van der Waals surface area contributed by atoms with Gasteiger partial charge < -0.3 is 11.1 Å². The first-order valence-electron chi connectivity index (χ1n) is 4.74. The molecule has 84 valence electrons. The number of carbonyl (C=O) groups excluding carboxylic acids is 1. The lowest BCUT2D eigenvalue weighted by atomic mass is 10.2. The molecule has 0 heterocycles. The minimum atomic E-state index is -0.189. The van der Waals surface area contributed by atoms with Crippen LogP contribution in [0.4, 0.5) is 0 Å². The quantitative estimate of drug-likeness (QED) is 0.544. The zero-order valence-electron chi connectivity index (χ0n) is 10.0. The molecular weight excluding hydrogens is 190 g/mol. The first-order chi connectivity index (χ1) is 6.90. The molecule has 15 heavy (non-hydrogen) atoms. The van der Waals surface area contributed by atoms with Gasteiger partial charge in [-0.15, -0.1) is 0 Å². The van der Waals surface area contributed by atoms with E-state index < -0.39 is 0 Å². The van der Waals surface area contributed by atoms with Gasteiger partial charge in [0.15, 0.2) is 0 Å². The van der Waals surface area contributed by atoms with E-state index in [1.54, 1.807) is 27.1 Å². The van der Waals surface area contributed by atoms with Crippen molar-refractivity contribution in [2.45, 2.75) is 27.7 Å². The smallest absolute Gasteiger partial charge is 0.253 e. The van der Waals surface area contributed by atoms with Gasteiger partial charge in [0.2, 0.25) is 0 Å². The summed E-state index contributed by atoms with van der Waals surface area (Å²) in [5.74, 6) is -0.189. The lowest BCUT2D eigenvalue weighted by Gasteiger charge is -2.08. The van der Waals surface area contributed by atoms with Crippen molar-refractivity contribution >= 4 is 12.1 Å². The average Bonchev–Trinajstić information content (AvgIpc) is 2.15. The Morgan fingerprint density at radius 1 is 1.27 bits per heavy atom. The van der Waals surface area contributed by atoms with Crippen LogP contribution in [0.3, 0.4) is 0 Å². The van der Waals surface area contributed by atoms with Crippen molar-refractivity contribution in [3.63, 3.8) is 0 Å². The predicted octanol–water partition coefficient (Wildman–Crippen LogP) is 1.35. The molecule has 0 aliphatic heterocycles. The second-order valence-corrected chi connectivity index (χ2v) is 3.56. The Morgan fingerprint density at radius 2 is 1.80 bits per heavy atom. The Kier molecular flexibility index (Phi) is 5.37. The third-order valence-corrected chi connectivity index (χ3v) is 1.98. The van der Waals surface area contributed by atoms with Crippen LogP contribution in [0, 0.1) is 0 Å². The molecule has 0 rings (SSSR count). The molecule has 0 saturated carbocycles. The molecular formula is C11H19N3O. The van der Waals surface area contributed by atoms with Crippen molar-refractivity contribution in [2.75, 3.05) is 7.05 Å². The average molecular weight is 209 g/mol. The van der Waals surface area contributed by atoms with Gasteiger partial charge in [-0.05, 0) is 27.7 Å². The topological polar surface area (TPSA) is 67.5 Å². The molecule has 0 bridgehead atoms. The standard InChI is InChI=1S/C11H19N3O/c1-7(2)10(6-13-5)14-11(15)8(3)9(4)12/h6H,12H2,1-5H3,(H,14,15)/b9-8-,13-6?. The monoisotopic (exact) mass is 209 g/mol. The summed E-state index contributed by atoms with van der Waals surface area (Å²) in [7, 11) is 1.66. The minimum absolute atomic E-state index is 0.189. The summed E-state index contributed by atoms with van der Waals surface area (Å²) < 4.78 is 0. The Hall–Kier alpha value is -1.58. The van der Waals surface area contributed by atoms with Crippen molar-refractivity contribution in [1.82, 2.24) is 5.32 Å². The predicted molar refractivity (Wildman–Crippen MR) is 63.5 cm³/mol. The highest BCUT2D eigenvalue weighted by atomic mass is 16.1. The van der Waals surface area contributed by atoms with Crippen LogP contribution in [-0.2, 0) is 4.79 Å². The van der Waals surface area contributed by atoms with Crippen molar-refractivity contribution in [3.05, 3.63) is 22.5 Å². The molecule has 1 amide bonds. The summed E-state index contributed by atoms with van der Waals surface area (Å²) in [6.07, 6.45) is 1.62. The maximum absolute atomic E-state index is 11.6. The molecule has 0 fully saturated rings. The summed E-state index contributed by atoms with van der Waals surface area (Å²) in [4.78, 5) is 15.5. The highest BCUT2D eigenvalue weighted by molar-refractivity contribution is 5.98. The van der Waals surface area contributed by atoms with Crippen molar-refractivity contribution in [3.8, 4) is 0 Å². The second kappa shape index (κ2) is 6.01. The first-order valence-corrected chi connectivity index (χ1v) is 4.74. The van der Waals surface area contributed by atoms with Gasteiger partial charge in [0.1, 0.15) is 0 Å². The number of hydrogen-bond acceptors (Lipinski definition) is 3. The van der Waals surface area contributed by atoms with E-state index in [0.717, 1.165) is 5.57 Å². The molecule has 0 aromatic rings. The van der Waals surface area contributed by atoms with E-state index in [1.807, 2.05) is 13.8 Å². The fourth-order valence-electron chi connectivity index (χ4n) is 0.811. The zero-order chi connectivity index (χ0) is 12.0. The Bertz CT molecular complexity index is 330. The van der Waals surface area contributed by atoms with Gasteiger partial charge in [0.05, 0.1) is 5.70 Å². The van der Waals surface area contributed by atoms with Crippen LogP contribution in [0.5, 0.6) is 0 Å². The fourth-order valence-corrected chi connectivity index (χ4v) is 0.811. The number of allylic oxidation sites excluding steroid dienone is 3. The number of carbonyl (C=O) groups is 1. The molecule has 0 radical (unpaired) electrons. The number of rotatable bonds is 3. The maximum atomic E-state index is 11.6. The minimum Gasteiger partial charge on any atom is -0.402 e. The molecule has 3 N–H and O–H groups in total. The molecule has 0 spiro atoms. The molecule has 0 aliphatic rings. The molecule has 0 unspecified atom stereocenters. The Balaban J connectivity index is 4.82. The van der Waals surface area contributed by atoms with Crippen LogP contribution < -0.4 is 11.1 Å². The van der Waals surface area contributed by atoms with E-state index in [2.05, 4.69) is 10.3 Å². The molecule has 4 heteroatoms. The van der Waals surface area contributed by atoms with E-state index in [0.29, 0.717) is 17.0 Å². The SMILES string of the molecule is CN=CC(NC(=O)/C(C)=C(/C)N)=C(C)C. The van der Waals surface area contributed by atoms with Crippen LogP contribution in [0.15, 0.2) is 27.5 Å². The summed E-state index contributed by atoms with van der Waals surface area (Å²) in [6.45, 7) is 7.21. The van der Waals surface area contributed by atoms with Crippen LogP contribution in [0.2, 0.25) is 0 Å². The van der Waals surface area contributed by atoms with Gasteiger partial charge in [0, 0.05) is 24.5 Å². The summed E-state index contributed by atoms with van der Waals surface area (Å²) >= 11 is 0. The third-order valence-electron chi connectivity index (χ3n) is 1.98. The van der Waals surface area contributed by atoms with E-state index in [4.69, 9.17) is 5.73 Å². The maximum Gasteiger partial charge on any atom is 0.253 e. The van der Waals surface area contributed by atoms with Gasteiger partial charge in [-0.2, -0.15) is 0 Å². The second-order valence-electron chi connectivity index (χ2n) is 3.56. The highest BCUT2D eigenvalue weighted by Crippen LogP contribution is 2.01. The van der Waals surface area contributed by atoms with Crippen LogP contribution in [0.25, 0.3) is 0 Å². The molecule has 0 aromatic heterocycles. The Morgan fingerprint density at radius 3 is 2.13 bits per heavy atom. The van der Waals surface area contributed by atoms with E-state index in [1.165, 1.54) is 0 Å². The van der Waals surface area contributed by atoms with Crippen molar-refractivity contribution < 1.29 is 4.79 Å². The molecule has 0 aromatic carbocycles. The molecule has 0 atom stereocenters. The highest BCUT2D eigenvalue weighted by Gasteiger charge is 2.07. The number of nitrogens with one attached hydrogen (secondary N) is 1. The number of amides is 1. The van der Waals surface area contributed by atoms with Gasteiger partial charge in [-0.1, -0.05) is 5.57 Å². The van der Waals surface area contributed by atoms with Crippen molar-refractivity contribution in [1.29, 1.82) is 0 Å². The largest absolute Gasteiger partial charge is 0.402 e. The van der Waals surface area contributed by atoms with E-state index in [9.17, 15) is 4.79 Å². The third kappa shape index (κ3) is 4.44. The van der Waals surface area contributed by atoms with Crippen molar-refractivity contribution in [2.24, 2.45) is 10.7 Å². The number of hydrogen-bond donors (Lipinski definition) is 2. The lowest BCUT2D eigenvalue weighted by Crippen LogP contribution is -2.26. The molecule has 0 aliphatic carbocycles. The van der Waals surface area contributed by atoms with Crippen LogP contribution >= 0.6 is 0 Å². The molecule has 0 saturated heterocycles. The zero-order valence-corrected chi connectivity index (χ0v) is 10.0. The van der Waals surface area contributed by atoms with Crippen LogP contribution in [-0.4, -0.2) is 19.2 Å². The van der Waals surface area contributed by atoms with Gasteiger partial charge in [-0.25, -0.2) is 0 Å². The summed E-state index contributed by atoms with van der Waals surface area (Å²) in [5.41, 5.74) is 8.29. The number of nitrogens with two attached hydrogens (primary N) is 1. The normalized spacial score (nSPS) is 12.3. The number of aliphatic imine (C=N–C) groups is 1. The molecule has 4 nitrogen and oxygen atoms in total. The fraction of sp³-hybridized carbons (Fsp3) is 0.455. The van der Waals surface area contributed by atoms with Crippen LogP contribution in [0.1, 0.15) is 27.7 Å². The lowest BCUT2D eigenvalue weighted by molar-refractivity contribution is -0.116. The summed E-state index contributed by atoms with van der Waals surface area (Å²) in [5, 5.41) is 2.75. The van der Waals surface area contributed by atoms with Gasteiger partial charge in [-0.3, -0.25) is 9.79 Å². The number of nitrogens with zero attached hydrogens (tertiary/aromatic N) is 1. The van der Waals surface area contributed by atoms with Gasteiger partial charge in [0.25, 0.3) is 5.91 Å². The van der Waals surface area contributed by atoms with E-state index >= 15 is 0 Å². The van der Waals surface area contributed by atoms with E-state index in [-0.39, 0.29) is 5.91 Å².